The number of halogens is 1. The number of hydrazone groups is 1. The predicted molar refractivity (Wildman–Crippen MR) is 112 cm³/mol. The summed E-state index contributed by atoms with van der Waals surface area (Å²) in [5.74, 6) is -0.951. The second-order valence-corrected chi connectivity index (χ2v) is 8.26. The minimum atomic E-state index is -1.13. The lowest BCUT2D eigenvalue weighted by atomic mass is 9.85. The van der Waals surface area contributed by atoms with E-state index in [0.717, 1.165) is 37.1 Å². The molecule has 1 aliphatic heterocycles. The third-order valence-corrected chi connectivity index (χ3v) is 6.03. The number of rotatable bonds is 6. The smallest absolute Gasteiger partial charge is 0.272 e. The molecule has 2 N–H and O–H groups in total. The third-order valence-electron chi connectivity index (χ3n) is 5.80. The minimum absolute atomic E-state index is 0.0777. The first-order valence-corrected chi connectivity index (χ1v) is 10.8. The molecule has 31 heavy (non-hydrogen) atoms. The van der Waals surface area contributed by atoms with E-state index >= 15 is 0 Å². The van der Waals surface area contributed by atoms with Gasteiger partial charge in [-0.05, 0) is 52.9 Å². The Morgan fingerprint density at radius 2 is 2.06 bits per heavy atom. The maximum absolute atomic E-state index is 12.9. The maximum Gasteiger partial charge on any atom is 0.272 e. The van der Waals surface area contributed by atoms with Gasteiger partial charge >= 0.3 is 0 Å². The molecule has 1 aromatic carbocycles. The van der Waals surface area contributed by atoms with Crippen molar-refractivity contribution in [1.82, 2.24) is 30.5 Å². The lowest BCUT2D eigenvalue weighted by molar-refractivity contribution is -0.149. The molecule has 2 atom stereocenters. The summed E-state index contributed by atoms with van der Waals surface area (Å²) in [6, 6.07) is 4.40. The van der Waals surface area contributed by atoms with E-state index in [9.17, 15) is 14.7 Å². The van der Waals surface area contributed by atoms with E-state index in [1.165, 1.54) is 17.2 Å². The Hall–Kier alpha value is -2.85. The highest BCUT2D eigenvalue weighted by Crippen LogP contribution is 2.28. The summed E-state index contributed by atoms with van der Waals surface area (Å²) < 4.78 is 1.48. The fourth-order valence-electron chi connectivity index (χ4n) is 4.12. The third kappa shape index (κ3) is 4.75. The van der Waals surface area contributed by atoms with E-state index in [1.54, 1.807) is 18.2 Å². The first-order valence-electron chi connectivity index (χ1n) is 10.4. The molecule has 2 aliphatic rings. The molecule has 0 saturated heterocycles. The molecule has 1 aliphatic carbocycles. The Bertz CT molecular complexity index is 960. The van der Waals surface area contributed by atoms with Crippen molar-refractivity contribution in [2.45, 2.75) is 57.2 Å². The highest BCUT2D eigenvalue weighted by atomic mass is 35.5. The van der Waals surface area contributed by atoms with Crippen LogP contribution in [0.4, 0.5) is 0 Å². The maximum atomic E-state index is 12.9. The molecule has 2 heterocycles. The van der Waals surface area contributed by atoms with Crippen molar-refractivity contribution < 1.29 is 14.7 Å². The Morgan fingerprint density at radius 1 is 1.26 bits per heavy atom. The number of hydrogen-bond acceptors (Lipinski definition) is 7. The summed E-state index contributed by atoms with van der Waals surface area (Å²) >= 11 is 6.12. The van der Waals surface area contributed by atoms with Crippen molar-refractivity contribution in [1.29, 1.82) is 0 Å². The Balaban J connectivity index is 1.42. The zero-order valence-electron chi connectivity index (χ0n) is 16.9. The quantitative estimate of drug-likeness (QED) is 0.693. The normalized spacial score (nSPS) is 20.1. The number of nitrogens with one attached hydrogen (secondary N) is 1. The molecule has 1 aromatic heterocycles. The fourth-order valence-corrected chi connectivity index (χ4v) is 4.32. The Kier molecular flexibility index (Phi) is 6.57. The van der Waals surface area contributed by atoms with Crippen LogP contribution in [0.1, 0.15) is 44.1 Å². The monoisotopic (exact) mass is 445 g/mol. The predicted octanol–water partition coefficient (Wildman–Crippen LogP) is 1.46. The second-order valence-electron chi connectivity index (χ2n) is 7.82. The summed E-state index contributed by atoms with van der Waals surface area (Å²) in [6.07, 6.45) is 6.91. The van der Waals surface area contributed by atoms with Crippen LogP contribution in [0, 0.1) is 5.92 Å². The van der Waals surface area contributed by atoms with Gasteiger partial charge in [0.2, 0.25) is 5.91 Å². The van der Waals surface area contributed by atoms with Crippen molar-refractivity contribution in [2.75, 3.05) is 0 Å². The van der Waals surface area contributed by atoms with E-state index in [4.69, 9.17) is 11.6 Å². The molecule has 0 unspecified atom stereocenters. The SMILES string of the molecule is O=C(NCc1cc(Cl)ccc1-n1cnnn1)[C@@H]1CC=NN1C(=O)[C@H](O)C1CCCCC1. The number of aromatic nitrogens is 4. The number of aliphatic hydroxyl groups excluding tert-OH is 1. The van der Waals surface area contributed by atoms with E-state index in [0.29, 0.717) is 22.7 Å². The van der Waals surface area contributed by atoms with E-state index in [1.807, 2.05) is 0 Å². The number of aliphatic hydroxyl groups is 1. The molecule has 164 valence electrons. The van der Waals surface area contributed by atoms with Gasteiger partial charge in [-0.3, -0.25) is 9.59 Å². The van der Waals surface area contributed by atoms with E-state index < -0.39 is 18.1 Å². The second kappa shape index (κ2) is 9.52. The van der Waals surface area contributed by atoms with Crippen LogP contribution >= 0.6 is 11.6 Å². The number of nitrogens with zero attached hydrogens (tertiary/aromatic N) is 6. The van der Waals surface area contributed by atoms with Crippen molar-refractivity contribution in [3.63, 3.8) is 0 Å². The van der Waals surface area contributed by atoms with Crippen molar-refractivity contribution in [3.05, 3.63) is 35.1 Å². The van der Waals surface area contributed by atoms with Gasteiger partial charge in [0.15, 0.2) is 0 Å². The Labute approximate surface area is 184 Å². The first-order chi connectivity index (χ1) is 15.0. The molecular weight excluding hydrogens is 422 g/mol. The highest BCUT2D eigenvalue weighted by Gasteiger charge is 2.38. The summed E-state index contributed by atoms with van der Waals surface area (Å²) in [7, 11) is 0. The molecule has 11 heteroatoms. The molecule has 4 rings (SSSR count). The summed E-state index contributed by atoms with van der Waals surface area (Å²) in [6.45, 7) is 0.165. The number of carbonyl (C=O) groups excluding carboxylic acids is 2. The van der Waals surface area contributed by atoms with Crippen LogP contribution in [-0.2, 0) is 16.1 Å². The fraction of sp³-hybridized carbons (Fsp3) is 0.500. The molecule has 10 nitrogen and oxygen atoms in total. The largest absolute Gasteiger partial charge is 0.383 e. The zero-order valence-corrected chi connectivity index (χ0v) is 17.6. The van der Waals surface area contributed by atoms with Gasteiger partial charge in [-0.1, -0.05) is 30.9 Å². The van der Waals surface area contributed by atoms with Crippen LogP contribution in [0.3, 0.4) is 0 Å². The van der Waals surface area contributed by atoms with Crippen molar-refractivity contribution >= 4 is 29.6 Å². The highest BCUT2D eigenvalue weighted by molar-refractivity contribution is 6.30. The number of amides is 2. The average molecular weight is 446 g/mol. The van der Waals surface area contributed by atoms with Gasteiger partial charge < -0.3 is 10.4 Å². The summed E-state index contributed by atoms with van der Waals surface area (Å²) in [5.41, 5.74) is 1.39. The van der Waals surface area contributed by atoms with Gasteiger partial charge in [0.25, 0.3) is 5.91 Å². The van der Waals surface area contributed by atoms with Crippen LogP contribution in [0.5, 0.6) is 0 Å². The number of carbonyl (C=O) groups is 2. The lowest BCUT2D eigenvalue weighted by Gasteiger charge is -2.29. The molecule has 1 saturated carbocycles. The van der Waals surface area contributed by atoms with Gasteiger partial charge in [-0.2, -0.15) is 5.10 Å². The molecule has 2 amide bonds. The van der Waals surface area contributed by atoms with Crippen LogP contribution < -0.4 is 5.32 Å². The topological polar surface area (TPSA) is 126 Å². The minimum Gasteiger partial charge on any atom is -0.383 e. The summed E-state index contributed by atoms with van der Waals surface area (Å²) in [5, 5.41) is 30.2. The number of benzene rings is 1. The van der Waals surface area contributed by atoms with Crippen LogP contribution in [0.25, 0.3) is 5.69 Å². The van der Waals surface area contributed by atoms with Crippen molar-refractivity contribution in [2.24, 2.45) is 11.0 Å². The van der Waals surface area contributed by atoms with Gasteiger partial charge in [-0.25, -0.2) is 9.69 Å². The lowest BCUT2D eigenvalue weighted by Crippen LogP contribution is -2.49. The molecular formula is C20H24ClN7O3. The average Bonchev–Trinajstić information content (AvgIpc) is 3.49. The van der Waals surface area contributed by atoms with Crippen LogP contribution in [0.2, 0.25) is 5.02 Å². The van der Waals surface area contributed by atoms with Gasteiger partial charge in [-0.15, -0.1) is 5.10 Å². The van der Waals surface area contributed by atoms with E-state index in [2.05, 4.69) is 25.9 Å². The van der Waals surface area contributed by atoms with Gasteiger partial charge in [0.05, 0.1) is 5.69 Å². The van der Waals surface area contributed by atoms with Crippen LogP contribution in [-0.4, -0.2) is 60.5 Å². The number of tetrazole rings is 1. The molecule has 0 bridgehead atoms. The number of hydrogen-bond donors (Lipinski definition) is 2. The van der Waals surface area contributed by atoms with Gasteiger partial charge in [0.1, 0.15) is 18.5 Å². The van der Waals surface area contributed by atoms with Crippen LogP contribution in [0.15, 0.2) is 29.6 Å². The standard InChI is InChI=1S/C20H24ClN7O3/c21-15-6-7-16(27-12-23-25-26-27)14(10-15)11-22-19(30)17-8-9-24-28(17)20(31)18(29)13-4-2-1-3-5-13/h6-7,9-10,12-13,17-18,29H,1-5,8,11H2,(H,22,30)/t17-,18+/m0/s1. The molecule has 0 radical (unpaired) electrons. The first kappa shape index (κ1) is 21.4. The van der Waals surface area contributed by atoms with Gasteiger partial charge in [0, 0.05) is 24.2 Å². The molecule has 2 aromatic rings. The zero-order chi connectivity index (χ0) is 21.8. The summed E-state index contributed by atoms with van der Waals surface area (Å²) in [4.78, 5) is 25.7. The Morgan fingerprint density at radius 3 is 2.81 bits per heavy atom. The van der Waals surface area contributed by atoms with E-state index in [-0.39, 0.29) is 18.4 Å². The molecule has 0 spiro atoms. The molecule has 1 fully saturated rings. The van der Waals surface area contributed by atoms with Crippen molar-refractivity contribution in [3.8, 4) is 5.69 Å².